The molecule has 2 heterocycles. The topological polar surface area (TPSA) is 118 Å². The molecule has 3 aliphatic rings. The highest BCUT2D eigenvalue weighted by molar-refractivity contribution is 6.14. The second-order valence-corrected chi connectivity index (χ2v) is 11.2. The fourth-order valence-corrected chi connectivity index (χ4v) is 6.96. The second kappa shape index (κ2) is 12.1. The molecule has 3 aromatic carbocycles. The third-order valence-corrected chi connectivity index (χ3v) is 8.68. The number of hydrogen-bond acceptors (Lipinski definition) is 9. The van der Waals surface area contributed by atoms with Gasteiger partial charge < -0.3 is 14.6 Å². The molecule has 9 heteroatoms. The maximum absolute atomic E-state index is 14.8. The molecule has 0 radical (unpaired) electrons. The molecular weight excluding hydrogens is 558 g/mol. The summed E-state index contributed by atoms with van der Waals surface area (Å²) in [7, 11) is 0. The van der Waals surface area contributed by atoms with Crippen molar-refractivity contribution >= 4 is 29.1 Å². The Morgan fingerprint density at radius 1 is 0.841 bits per heavy atom. The van der Waals surface area contributed by atoms with Crippen LogP contribution in [0.2, 0.25) is 0 Å². The lowest BCUT2D eigenvalue weighted by molar-refractivity contribution is -0.156. The number of ketones is 1. The molecule has 2 aliphatic heterocycles. The van der Waals surface area contributed by atoms with E-state index < -0.39 is 53.6 Å². The number of carbonyl (C=O) groups is 3. The Morgan fingerprint density at radius 2 is 1.43 bits per heavy atom. The van der Waals surface area contributed by atoms with Crippen molar-refractivity contribution in [3.8, 4) is 5.75 Å². The van der Waals surface area contributed by atoms with Gasteiger partial charge >= 0.3 is 11.9 Å². The zero-order chi connectivity index (χ0) is 31.0. The van der Waals surface area contributed by atoms with Crippen LogP contribution in [0.3, 0.4) is 0 Å². The molecule has 6 rings (SSSR count). The predicted octanol–water partition coefficient (Wildman–Crippen LogP) is 4.90. The SMILES string of the molecule is CCOC(=O)[C@@H]1C(=O)C2=C([C@@H](C(=O)OCC)[C@H]1c1ccccc1)[C@H]1C(C)=NN(c3ccccc3)[C@@H]1N[C@@H]2c1ccc(O)cc1. The van der Waals surface area contributed by atoms with Crippen molar-refractivity contribution in [3.05, 3.63) is 107 Å². The molecule has 0 fully saturated rings. The molecule has 0 aromatic heterocycles. The first-order valence-corrected chi connectivity index (χ1v) is 15.0. The van der Waals surface area contributed by atoms with Gasteiger partial charge in [0.15, 0.2) is 5.78 Å². The molecule has 0 spiro atoms. The molecular formula is C35H35N3O6. The van der Waals surface area contributed by atoms with E-state index in [2.05, 4.69) is 5.32 Å². The number of rotatable bonds is 7. The molecule has 1 aliphatic carbocycles. The number of aromatic hydroxyl groups is 1. The van der Waals surface area contributed by atoms with Gasteiger partial charge in [-0.25, -0.2) is 5.01 Å². The zero-order valence-corrected chi connectivity index (χ0v) is 24.8. The van der Waals surface area contributed by atoms with Crippen molar-refractivity contribution in [1.82, 2.24) is 5.32 Å². The number of nitrogens with one attached hydrogen (secondary N) is 1. The van der Waals surface area contributed by atoms with Gasteiger partial charge in [-0.05, 0) is 61.7 Å². The molecule has 0 saturated carbocycles. The minimum absolute atomic E-state index is 0.0792. The number of hydrogen-bond donors (Lipinski definition) is 2. The summed E-state index contributed by atoms with van der Waals surface area (Å²) >= 11 is 0. The first-order chi connectivity index (χ1) is 21.3. The van der Waals surface area contributed by atoms with E-state index in [0.717, 1.165) is 11.4 Å². The van der Waals surface area contributed by atoms with Gasteiger partial charge in [-0.2, -0.15) is 5.10 Å². The Morgan fingerprint density at radius 3 is 2.05 bits per heavy atom. The number of anilines is 1. The van der Waals surface area contributed by atoms with Gasteiger partial charge in [0.25, 0.3) is 0 Å². The van der Waals surface area contributed by atoms with Crippen LogP contribution >= 0.6 is 0 Å². The maximum atomic E-state index is 14.8. The smallest absolute Gasteiger partial charge is 0.317 e. The summed E-state index contributed by atoms with van der Waals surface area (Å²) in [6.45, 7) is 5.55. The van der Waals surface area contributed by atoms with Crippen LogP contribution in [0.4, 0.5) is 5.69 Å². The van der Waals surface area contributed by atoms with Gasteiger partial charge in [-0.3, -0.25) is 19.7 Å². The summed E-state index contributed by atoms with van der Waals surface area (Å²) in [5, 5.41) is 20.5. The van der Waals surface area contributed by atoms with Crippen LogP contribution < -0.4 is 10.3 Å². The Hall–Kier alpha value is -4.76. The predicted molar refractivity (Wildman–Crippen MR) is 165 cm³/mol. The lowest BCUT2D eigenvalue weighted by Crippen LogP contribution is -2.57. The summed E-state index contributed by atoms with van der Waals surface area (Å²) < 4.78 is 11.2. The average Bonchev–Trinajstić information content (AvgIpc) is 3.37. The highest BCUT2D eigenvalue weighted by Gasteiger charge is 2.59. The van der Waals surface area contributed by atoms with Gasteiger partial charge in [0.05, 0.1) is 36.8 Å². The van der Waals surface area contributed by atoms with Crippen LogP contribution in [0.25, 0.3) is 0 Å². The number of phenols is 1. The maximum Gasteiger partial charge on any atom is 0.317 e. The first-order valence-electron chi connectivity index (χ1n) is 15.0. The summed E-state index contributed by atoms with van der Waals surface area (Å²) in [4.78, 5) is 42.7. The van der Waals surface area contributed by atoms with E-state index in [1.807, 2.05) is 72.6 Å². The summed E-state index contributed by atoms with van der Waals surface area (Å²) in [5.41, 5.74) is 3.88. The van der Waals surface area contributed by atoms with E-state index in [4.69, 9.17) is 14.6 Å². The highest BCUT2D eigenvalue weighted by Crippen LogP contribution is 2.54. The third-order valence-electron chi connectivity index (χ3n) is 8.68. The van der Waals surface area contributed by atoms with Crippen LogP contribution in [0, 0.1) is 17.8 Å². The molecule has 0 saturated heterocycles. The standard InChI is InChI=1S/C35H35N3O6/c1-4-43-34(41)28-26(21-12-8-6-9-13-21)30(35(42)44-5-2)32(40)29-27(28)25-20(3)37-38(23-14-10-7-11-15-23)33(25)36-31(29)22-16-18-24(39)19-17-22/h6-19,25-26,28,30-31,33,36,39H,4-5H2,1-3H3/t25-,26-,28+,30+,31-,33+/m1/s1. The quantitative estimate of drug-likeness (QED) is 0.294. The number of carbonyl (C=O) groups excluding carboxylic acids is 3. The first kappa shape index (κ1) is 29.3. The molecule has 0 bridgehead atoms. The van der Waals surface area contributed by atoms with Crippen molar-refractivity contribution in [2.45, 2.75) is 38.9 Å². The van der Waals surface area contributed by atoms with E-state index >= 15 is 0 Å². The summed E-state index contributed by atoms with van der Waals surface area (Å²) in [5.74, 6) is -5.06. The molecule has 226 valence electrons. The molecule has 2 N–H and O–H groups in total. The van der Waals surface area contributed by atoms with E-state index in [9.17, 15) is 19.5 Å². The average molecular weight is 594 g/mol. The minimum Gasteiger partial charge on any atom is -0.508 e. The van der Waals surface area contributed by atoms with E-state index in [0.29, 0.717) is 22.3 Å². The Balaban J connectivity index is 1.63. The van der Waals surface area contributed by atoms with Crippen LogP contribution in [0.15, 0.2) is 101 Å². The number of ether oxygens (including phenoxy) is 2. The van der Waals surface area contributed by atoms with E-state index in [1.54, 1.807) is 38.1 Å². The van der Waals surface area contributed by atoms with Gasteiger partial charge in [-0.15, -0.1) is 0 Å². The van der Waals surface area contributed by atoms with Crippen LogP contribution in [0.1, 0.15) is 43.9 Å². The van der Waals surface area contributed by atoms with Crippen molar-refractivity contribution in [3.63, 3.8) is 0 Å². The summed E-state index contributed by atoms with van der Waals surface area (Å²) in [6.07, 6.45) is -0.449. The van der Waals surface area contributed by atoms with Crippen molar-refractivity contribution < 1.29 is 29.0 Å². The third kappa shape index (κ3) is 4.97. The molecule has 0 amide bonds. The lowest BCUT2D eigenvalue weighted by atomic mass is 9.59. The largest absolute Gasteiger partial charge is 0.508 e. The number of para-hydroxylation sites is 1. The number of nitrogens with zero attached hydrogens (tertiary/aromatic N) is 2. The van der Waals surface area contributed by atoms with Gasteiger partial charge in [0.2, 0.25) is 0 Å². The van der Waals surface area contributed by atoms with Crippen LogP contribution in [-0.2, 0) is 23.9 Å². The number of hydrazone groups is 1. The number of phenolic OH excluding ortho intramolecular Hbond substituents is 1. The van der Waals surface area contributed by atoms with Crippen molar-refractivity contribution in [1.29, 1.82) is 0 Å². The molecule has 44 heavy (non-hydrogen) atoms. The second-order valence-electron chi connectivity index (χ2n) is 11.2. The van der Waals surface area contributed by atoms with Crippen molar-refractivity contribution in [2.24, 2.45) is 22.9 Å². The van der Waals surface area contributed by atoms with E-state index in [1.165, 1.54) is 0 Å². The summed E-state index contributed by atoms with van der Waals surface area (Å²) in [6, 6.07) is 24.8. The fraction of sp³-hybridized carbons (Fsp3) is 0.314. The van der Waals surface area contributed by atoms with Crippen molar-refractivity contribution in [2.75, 3.05) is 18.2 Å². The Labute approximate surface area is 256 Å². The Kier molecular flexibility index (Phi) is 8.05. The molecule has 9 nitrogen and oxygen atoms in total. The Bertz CT molecular complexity index is 1620. The fourth-order valence-electron chi connectivity index (χ4n) is 6.96. The van der Waals surface area contributed by atoms with Gasteiger partial charge in [-0.1, -0.05) is 60.7 Å². The number of fused-ring (bicyclic) bond motifs is 2. The highest BCUT2D eigenvalue weighted by atomic mass is 16.5. The monoisotopic (exact) mass is 593 g/mol. The minimum atomic E-state index is -1.27. The number of esters is 2. The van der Waals surface area contributed by atoms with Gasteiger partial charge in [0.1, 0.15) is 17.8 Å². The van der Waals surface area contributed by atoms with Gasteiger partial charge in [0, 0.05) is 17.2 Å². The molecule has 6 atom stereocenters. The number of Topliss-reactive ketones (excluding diaryl/α,β-unsaturated/α-hetero) is 1. The van der Waals surface area contributed by atoms with Crippen LogP contribution in [0.5, 0.6) is 5.75 Å². The normalized spacial score (nSPS) is 26.0. The molecule has 3 aromatic rings. The zero-order valence-electron chi connectivity index (χ0n) is 24.8. The molecule has 0 unspecified atom stereocenters. The number of benzene rings is 3. The van der Waals surface area contributed by atoms with E-state index in [-0.39, 0.29) is 19.0 Å². The van der Waals surface area contributed by atoms with Crippen LogP contribution in [-0.4, -0.2) is 47.9 Å². The lowest BCUT2D eigenvalue weighted by Gasteiger charge is -2.47.